The number of carbonyl (C=O) groups is 1. The molecule has 0 bridgehead atoms. The highest BCUT2D eigenvalue weighted by Gasteiger charge is 2.39. The van der Waals surface area contributed by atoms with Crippen LogP contribution < -0.4 is 0 Å². The van der Waals surface area contributed by atoms with Crippen LogP contribution >= 0.6 is 0 Å². The first kappa shape index (κ1) is 18.2. The number of allylic oxidation sites excluding steroid dienone is 4. The molecule has 1 heteroatoms. The van der Waals surface area contributed by atoms with Crippen molar-refractivity contribution in [3.63, 3.8) is 0 Å². The maximum Gasteiger partial charge on any atom is 0.123 e. The summed E-state index contributed by atoms with van der Waals surface area (Å²) in [5.74, 6) is 1.07. The second kappa shape index (κ2) is 8.56. The van der Waals surface area contributed by atoms with Crippen LogP contribution in [0.4, 0.5) is 0 Å². The second-order valence-corrected chi connectivity index (χ2v) is 7.72. The summed E-state index contributed by atoms with van der Waals surface area (Å²) in [6.45, 7) is 11.0. The van der Waals surface area contributed by atoms with Gasteiger partial charge in [-0.3, -0.25) is 0 Å². The van der Waals surface area contributed by atoms with Gasteiger partial charge in [-0.25, -0.2) is 0 Å². The summed E-state index contributed by atoms with van der Waals surface area (Å²) in [5, 5.41) is 0. The van der Waals surface area contributed by atoms with Gasteiger partial charge in [0.2, 0.25) is 0 Å². The van der Waals surface area contributed by atoms with Crippen molar-refractivity contribution in [3.8, 4) is 0 Å². The average molecular weight is 290 g/mol. The maximum absolute atomic E-state index is 11.5. The molecule has 120 valence electrons. The normalized spacial score (nSPS) is 28.8. The first-order valence-corrected chi connectivity index (χ1v) is 8.59. The zero-order chi connectivity index (χ0) is 15.9. The third-order valence-electron chi connectivity index (χ3n) is 5.10. The molecule has 0 aliphatic heterocycles. The van der Waals surface area contributed by atoms with E-state index < -0.39 is 0 Å². The topological polar surface area (TPSA) is 17.1 Å². The minimum Gasteiger partial charge on any atom is -0.303 e. The van der Waals surface area contributed by atoms with Gasteiger partial charge in [0.1, 0.15) is 6.29 Å². The van der Waals surface area contributed by atoms with E-state index in [1.165, 1.54) is 43.1 Å². The third kappa shape index (κ3) is 6.20. The Morgan fingerprint density at radius 3 is 2.24 bits per heavy atom. The molecular formula is C20H34O. The molecule has 1 nitrogen and oxygen atoms in total. The summed E-state index contributed by atoms with van der Waals surface area (Å²) in [5.41, 5.74) is 3.02. The lowest BCUT2D eigenvalue weighted by Gasteiger charge is -2.42. The van der Waals surface area contributed by atoms with Gasteiger partial charge < -0.3 is 4.79 Å². The van der Waals surface area contributed by atoms with Crippen LogP contribution in [0, 0.1) is 17.3 Å². The summed E-state index contributed by atoms with van der Waals surface area (Å²) in [4.78, 5) is 11.5. The van der Waals surface area contributed by atoms with Gasteiger partial charge in [0.05, 0.1) is 0 Å². The van der Waals surface area contributed by atoms with Gasteiger partial charge in [0, 0.05) is 5.92 Å². The first-order chi connectivity index (χ1) is 9.87. The first-order valence-electron chi connectivity index (χ1n) is 8.59. The minimum absolute atomic E-state index is 0.210. The lowest BCUT2D eigenvalue weighted by atomic mass is 9.62. The van der Waals surface area contributed by atoms with Crippen LogP contribution in [0.25, 0.3) is 0 Å². The zero-order valence-corrected chi connectivity index (χ0v) is 14.7. The second-order valence-electron chi connectivity index (χ2n) is 7.72. The molecule has 0 aromatic rings. The van der Waals surface area contributed by atoms with E-state index in [-0.39, 0.29) is 11.3 Å². The number of hydrogen-bond acceptors (Lipinski definition) is 1. The molecule has 0 saturated heterocycles. The smallest absolute Gasteiger partial charge is 0.123 e. The summed E-state index contributed by atoms with van der Waals surface area (Å²) in [6, 6.07) is 0. The Balaban J connectivity index is 2.61. The molecule has 1 rings (SSSR count). The molecule has 0 spiro atoms. The maximum atomic E-state index is 11.5. The van der Waals surface area contributed by atoms with E-state index >= 15 is 0 Å². The van der Waals surface area contributed by atoms with Gasteiger partial charge >= 0.3 is 0 Å². The number of aldehydes is 1. The largest absolute Gasteiger partial charge is 0.303 e. The van der Waals surface area contributed by atoms with Gasteiger partial charge in [-0.15, -0.1) is 0 Å². The molecule has 1 saturated carbocycles. The van der Waals surface area contributed by atoms with Crippen molar-refractivity contribution in [2.75, 3.05) is 0 Å². The van der Waals surface area contributed by atoms with Gasteiger partial charge in [-0.05, 0) is 84.0 Å². The third-order valence-corrected chi connectivity index (χ3v) is 5.10. The van der Waals surface area contributed by atoms with E-state index in [9.17, 15) is 4.79 Å². The predicted octanol–water partition coefficient (Wildman–Crippen LogP) is 6.10. The Morgan fingerprint density at radius 1 is 1.05 bits per heavy atom. The summed E-state index contributed by atoms with van der Waals surface area (Å²) >= 11 is 0. The van der Waals surface area contributed by atoms with E-state index in [0.717, 1.165) is 25.2 Å². The number of hydrogen-bond donors (Lipinski definition) is 0. The van der Waals surface area contributed by atoms with E-state index in [1.54, 1.807) is 0 Å². The number of carbonyl (C=O) groups excluding carboxylic acids is 1. The molecule has 0 aromatic heterocycles. The standard InChI is InChI=1S/C20H34O/c1-16(2)8-6-10-18-11-12-19(15-21)20(5,14-18)13-7-9-17(3)4/h8-9,15,18-19H,6-7,10-14H2,1-5H3. The van der Waals surface area contributed by atoms with Gasteiger partial charge in [-0.2, -0.15) is 0 Å². The Labute approximate surface area is 131 Å². The van der Waals surface area contributed by atoms with Crippen LogP contribution in [0.1, 0.15) is 79.6 Å². The summed E-state index contributed by atoms with van der Waals surface area (Å²) in [6.07, 6.45) is 14.2. The molecule has 0 aromatic carbocycles. The lowest BCUT2D eigenvalue weighted by molar-refractivity contribution is -0.117. The predicted molar refractivity (Wildman–Crippen MR) is 92.3 cm³/mol. The molecule has 0 heterocycles. The Hall–Kier alpha value is -0.850. The molecule has 0 radical (unpaired) electrons. The number of rotatable bonds is 7. The molecule has 3 atom stereocenters. The van der Waals surface area contributed by atoms with Crippen LogP contribution in [0.15, 0.2) is 23.3 Å². The van der Waals surface area contributed by atoms with Crippen LogP contribution in [-0.4, -0.2) is 6.29 Å². The molecule has 1 aliphatic rings. The molecule has 0 amide bonds. The van der Waals surface area contributed by atoms with E-state index in [1.807, 2.05) is 0 Å². The molecule has 1 fully saturated rings. The summed E-state index contributed by atoms with van der Waals surface area (Å²) < 4.78 is 0. The fourth-order valence-corrected chi connectivity index (χ4v) is 3.74. The van der Waals surface area contributed by atoms with Gasteiger partial charge in [0.25, 0.3) is 0 Å². The van der Waals surface area contributed by atoms with E-state index in [4.69, 9.17) is 0 Å². The Bertz CT molecular complexity index is 383. The minimum atomic E-state index is 0.210. The Kier molecular flexibility index (Phi) is 7.42. The van der Waals surface area contributed by atoms with E-state index in [2.05, 4.69) is 46.8 Å². The van der Waals surface area contributed by atoms with Crippen LogP contribution in [0.3, 0.4) is 0 Å². The SMILES string of the molecule is CC(C)=CCCC1CCC(C=O)C(C)(CCC=C(C)C)C1. The van der Waals surface area contributed by atoms with Crippen molar-refractivity contribution in [3.05, 3.63) is 23.3 Å². The summed E-state index contributed by atoms with van der Waals surface area (Å²) in [7, 11) is 0. The van der Waals surface area contributed by atoms with Gasteiger partial charge in [-0.1, -0.05) is 30.2 Å². The van der Waals surface area contributed by atoms with Crippen molar-refractivity contribution in [2.24, 2.45) is 17.3 Å². The molecular weight excluding hydrogens is 256 g/mol. The lowest BCUT2D eigenvalue weighted by Crippen LogP contribution is -2.35. The zero-order valence-electron chi connectivity index (χ0n) is 14.7. The highest BCUT2D eigenvalue weighted by molar-refractivity contribution is 5.55. The quantitative estimate of drug-likeness (QED) is 0.409. The van der Waals surface area contributed by atoms with Crippen molar-refractivity contribution in [1.29, 1.82) is 0 Å². The van der Waals surface area contributed by atoms with Crippen molar-refractivity contribution in [2.45, 2.75) is 79.6 Å². The van der Waals surface area contributed by atoms with Crippen molar-refractivity contribution >= 4 is 6.29 Å². The highest BCUT2D eigenvalue weighted by Crippen LogP contribution is 2.47. The molecule has 3 unspecified atom stereocenters. The van der Waals surface area contributed by atoms with Crippen molar-refractivity contribution in [1.82, 2.24) is 0 Å². The van der Waals surface area contributed by atoms with Gasteiger partial charge in [0.15, 0.2) is 0 Å². The monoisotopic (exact) mass is 290 g/mol. The van der Waals surface area contributed by atoms with Crippen LogP contribution in [-0.2, 0) is 4.79 Å². The van der Waals surface area contributed by atoms with E-state index in [0.29, 0.717) is 0 Å². The Morgan fingerprint density at radius 2 is 1.67 bits per heavy atom. The average Bonchev–Trinajstić information content (AvgIpc) is 2.37. The fourth-order valence-electron chi connectivity index (χ4n) is 3.74. The van der Waals surface area contributed by atoms with Crippen LogP contribution in [0.2, 0.25) is 0 Å². The fraction of sp³-hybridized carbons (Fsp3) is 0.750. The molecule has 0 N–H and O–H groups in total. The molecule has 21 heavy (non-hydrogen) atoms. The molecule has 1 aliphatic carbocycles. The highest BCUT2D eigenvalue weighted by atomic mass is 16.1. The van der Waals surface area contributed by atoms with Crippen LogP contribution in [0.5, 0.6) is 0 Å². The van der Waals surface area contributed by atoms with Crippen molar-refractivity contribution < 1.29 is 4.79 Å².